The van der Waals surface area contributed by atoms with Gasteiger partial charge in [0, 0.05) is 12.8 Å². The third kappa shape index (κ3) is 23.1. The van der Waals surface area contributed by atoms with E-state index in [1.165, 1.54) is 77.0 Å². The number of ketones is 2. The van der Waals surface area contributed by atoms with Gasteiger partial charge in [0.25, 0.3) is 14.9 Å². The Morgan fingerprint density at radius 1 is 0.529 bits per heavy atom. The standard InChI is InChI=1S/C40H70O9S.Na.H/c1-3-5-7-9-11-13-15-17-19-21-23-25-27-29-31-33-35(41)37(38(43)44)40(39(45)46,50(47,48)49)36(42)34-32-30-28-26-24-22-20-18-16-14-12-10-8-6-4-2;;/h17-20,37H,3-16,21-34H2,1-2H3,(H,43,44)(H,45,46)(H,47,48,49);;. The summed E-state index contributed by atoms with van der Waals surface area (Å²) < 4.78 is 31.2. The van der Waals surface area contributed by atoms with Gasteiger partial charge in [0.05, 0.1) is 0 Å². The van der Waals surface area contributed by atoms with Crippen molar-refractivity contribution in [2.75, 3.05) is 0 Å². The molecule has 292 valence electrons. The molecule has 0 aromatic heterocycles. The molecule has 0 aromatic rings. The van der Waals surface area contributed by atoms with Gasteiger partial charge in [-0.1, -0.05) is 141 Å². The van der Waals surface area contributed by atoms with Crippen LogP contribution >= 0.6 is 0 Å². The summed E-state index contributed by atoms with van der Waals surface area (Å²) in [6.07, 6.45) is 33.6. The number of carbonyl (C=O) groups excluding carboxylic acids is 2. The number of Topliss-reactive ketones (excluding diaryl/α,β-unsaturated/α-hetero) is 2. The molecule has 2 unspecified atom stereocenters. The zero-order chi connectivity index (χ0) is 37.5. The number of unbranched alkanes of at least 4 members (excludes halogenated alkanes) is 22. The molecule has 0 aromatic carbocycles. The Bertz CT molecular complexity index is 1100. The first-order chi connectivity index (χ1) is 24.0. The molecule has 0 fully saturated rings. The second-order valence-corrected chi connectivity index (χ2v) is 15.4. The molecule has 0 bridgehead atoms. The quantitative estimate of drug-likeness (QED) is 0.0186. The average molecular weight is 751 g/mol. The van der Waals surface area contributed by atoms with Gasteiger partial charge >= 0.3 is 41.5 Å². The summed E-state index contributed by atoms with van der Waals surface area (Å²) in [7, 11) is -5.81. The molecule has 0 saturated heterocycles. The molecule has 0 radical (unpaired) electrons. The van der Waals surface area contributed by atoms with E-state index in [9.17, 15) is 42.4 Å². The number of rotatable bonds is 36. The normalized spacial score (nSPS) is 13.6. The maximum atomic E-state index is 13.2. The molecule has 2 atom stereocenters. The van der Waals surface area contributed by atoms with Crippen LogP contribution in [0.3, 0.4) is 0 Å². The molecule has 0 aliphatic heterocycles. The van der Waals surface area contributed by atoms with E-state index >= 15 is 0 Å². The van der Waals surface area contributed by atoms with Crippen LogP contribution in [0, 0.1) is 5.92 Å². The van der Waals surface area contributed by atoms with Crippen LogP contribution in [0.4, 0.5) is 0 Å². The first-order valence-corrected chi connectivity index (χ1v) is 21.2. The van der Waals surface area contributed by atoms with Crippen molar-refractivity contribution in [2.24, 2.45) is 5.92 Å². The van der Waals surface area contributed by atoms with Gasteiger partial charge in [0.15, 0.2) is 11.7 Å². The van der Waals surface area contributed by atoms with Crippen molar-refractivity contribution in [1.82, 2.24) is 0 Å². The average Bonchev–Trinajstić information content (AvgIpc) is 3.05. The topological polar surface area (TPSA) is 163 Å². The summed E-state index contributed by atoms with van der Waals surface area (Å²) in [5, 5.41) is 19.8. The van der Waals surface area contributed by atoms with Gasteiger partial charge in [-0.2, -0.15) is 8.42 Å². The zero-order valence-corrected chi connectivity index (χ0v) is 32.2. The van der Waals surface area contributed by atoms with E-state index < -0.39 is 57.1 Å². The Hall–Kier alpha value is -1.33. The molecule has 0 spiro atoms. The Kier molecular flexibility index (Phi) is 33.8. The van der Waals surface area contributed by atoms with Gasteiger partial charge in [-0.05, 0) is 64.2 Å². The molecule has 0 amide bonds. The first-order valence-electron chi connectivity index (χ1n) is 19.8. The van der Waals surface area contributed by atoms with E-state index in [-0.39, 0.29) is 42.4 Å². The molecule has 0 aliphatic carbocycles. The third-order valence-electron chi connectivity index (χ3n) is 9.46. The van der Waals surface area contributed by atoms with Crippen molar-refractivity contribution in [3.8, 4) is 0 Å². The molecule has 51 heavy (non-hydrogen) atoms. The zero-order valence-electron chi connectivity index (χ0n) is 31.4. The molecular weight excluding hydrogens is 679 g/mol. The molecule has 3 N–H and O–H groups in total. The van der Waals surface area contributed by atoms with Gasteiger partial charge in [-0.3, -0.25) is 18.9 Å². The molecule has 0 rings (SSSR count). The van der Waals surface area contributed by atoms with E-state index in [0.29, 0.717) is 12.8 Å². The van der Waals surface area contributed by atoms with E-state index in [1.54, 1.807) is 0 Å². The molecule has 0 aliphatic rings. The SMILES string of the molecule is CCCCCCCCC=CCCCCCCCC(=O)C(C(=O)O)C(C(=O)O)(C(=O)CCCCCCCC=CCCCCCCCC)S(=O)(=O)O.[NaH]. The third-order valence-corrected chi connectivity index (χ3v) is 10.9. The predicted molar refractivity (Wildman–Crippen MR) is 209 cm³/mol. The summed E-state index contributed by atoms with van der Waals surface area (Å²) in [5.41, 5.74) is 0. The van der Waals surface area contributed by atoms with E-state index in [4.69, 9.17) is 0 Å². The number of hydrogen-bond donors (Lipinski definition) is 3. The van der Waals surface area contributed by atoms with Crippen molar-refractivity contribution in [2.45, 2.75) is 198 Å². The second-order valence-electron chi connectivity index (χ2n) is 13.8. The van der Waals surface area contributed by atoms with E-state index in [2.05, 4.69) is 38.2 Å². The summed E-state index contributed by atoms with van der Waals surface area (Å²) >= 11 is 0. The number of carboxylic acids is 2. The molecule has 11 heteroatoms. The molecule has 0 saturated carbocycles. The molecule has 0 heterocycles. The van der Waals surface area contributed by atoms with Crippen LogP contribution in [0.25, 0.3) is 0 Å². The number of hydrogen-bond acceptors (Lipinski definition) is 6. The molecule has 9 nitrogen and oxygen atoms in total. The van der Waals surface area contributed by atoms with Crippen LogP contribution in [0.2, 0.25) is 0 Å². The Morgan fingerprint density at radius 3 is 1.16 bits per heavy atom. The Morgan fingerprint density at radius 2 is 0.843 bits per heavy atom. The maximum absolute atomic E-state index is 13.2. The van der Waals surface area contributed by atoms with Gasteiger partial charge < -0.3 is 10.2 Å². The molecular formula is C40H71NaO9S. The van der Waals surface area contributed by atoms with Crippen molar-refractivity contribution in [3.63, 3.8) is 0 Å². The van der Waals surface area contributed by atoms with Gasteiger partial charge in [0.2, 0.25) is 0 Å². The van der Waals surface area contributed by atoms with Crippen LogP contribution < -0.4 is 0 Å². The van der Waals surface area contributed by atoms with Crippen molar-refractivity contribution in [1.29, 1.82) is 0 Å². The predicted octanol–water partition coefficient (Wildman–Crippen LogP) is 9.96. The second kappa shape index (κ2) is 33.3. The number of allylic oxidation sites excluding steroid dienone is 4. The van der Waals surface area contributed by atoms with Gasteiger partial charge in [-0.25, -0.2) is 4.79 Å². The summed E-state index contributed by atoms with van der Waals surface area (Å²) in [6, 6.07) is 0. The van der Waals surface area contributed by atoms with E-state index in [0.717, 1.165) is 64.2 Å². The summed E-state index contributed by atoms with van der Waals surface area (Å²) in [6.45, 7) is 4.42. The number of carboxylic acid groups (broad SMARTS) is 2. The van der Waals surface area contributed by atoms with Gasteiger partial charge in [0.1, 0.15) is 5.78 Å². The van der Waals surface area contributed by atoms with Gasteiger partial charge in [-0.15, -0.1) is 0 Å². The monoisotopic (exact) mass is 750 g/mol. The summed E-state index contributed by atoms with van der Waals surface area (Å²) in [5.74, 6) is -9.80. The van der Waals surface area contributed by atoms with Crippen LogP contribution in [0.5, 0.6) is 0 Å². The van der Waals surface area contributed by atoms with Crippen LogP contribution in [-0.4, -0.2) is 81.0 Å². The Labute approximate surface area is 332 Å². The van der Waals surface area contributed by atoms with E-state index in [1.807, 2.05) is 0 Å². The minimum absolute atomic E-state index is 0. The number of aliphatic carboxylic acids is 2. The van der Waals surface area contributed by atoms with Crippen molar-refractivity contribution in [3.05, 3.63) is 24.3 Å². The van der Waals surface area contributed by atoms with Crippen molar-refractivity contribution >= 4 is 63.2 Å². The van der Waals surface area contributed by atoms with Crippen LogP contribution in [0.15, 0.2) is 24.3 Å². The van der Waals surface area contributed by atoms with Crippen LogP contribution in [0.1, 0.15) is 194 Å². The first kappa shape index (κ1) is 51.8. The van der Waals surface area contributed by atoms with Crippen LogP contribution in [-0.2, 0) is 29.3 Å². The Balaban J connectivity index is 0. The summed E-state index contributed by atoms with van der Waals surface area (Å²) in [4.78, 5) is 50.8. The number of carbonyl (C=O) groups is 4. The minimum atomic E-state index is -5.81. The fourth-order valence-corrected chi connectivity index (χ4v) is 7.54. The fraction of sp³-hybridized carbons (Fsp3) is 0.800. The van der Waals surface area contributed by atoms with Crippen molar-refractivity contribution < 1.29 is 42.4 Å². The fourth-order valence-electron chi connectivity index (χ4n) is 6.40.